The van der Waals surface area contributed by atoms with Crippen LogP contribution in [0.5, 0.6) is 0 Å². The highest BCUT2D eigenvalue weighted by molar-refractivity contribution is 4.83. The number of methoxy groups -OCH3 is 1. The molecule has 1 aliphatic rings. The van der Waals surface area contributed by atoms with E-state index >= 15 is 0 Å². The van der Waals surface area contributed by atoms with Crippen LogP contribution in [0.2, 0.25) is 0 Å². The van der Waals surface area contributed by atoms with Crippen LogP contribution in [0.3, 0.4) is 0 Å². The van der Waals surface area contributed by atoms with Crippen molar-refractivity contribution >= 4 is 0 Å². The minimum atomic E-state index is -0.219. The maximum absolute atomic E-state index is 9.26. The summed E-state index contributed by atoms with van der Waals surface area (Å²) in [6.07, 6.45) is 3.07. The third-order valence-corrected chi connectivity index (χ3v) is 3.23. The summed E-state index contributed by atoms with van der Waals surface area (Å²) in [4.78, 5) is 2.38. The van der Waals surface area contributed by atoms with Crippen molar-refractivity contribution in [1.82, 2.24) is 4.90 Å². The van der Waals surface area contributed by atoms with Crippen molar-refractivity contribution < 1.29 is 9.84 Å². The molecular weight excluding hydrogens is 192 g/mol. The number of piperidine rings is 1. The SMILES string of the molecule is COC1CCN(CCC(C)O)C(CN)C1. The van der Waals surface area contributed by atoms with Crippen molar-refractivity contribution in [3.05, 3.63) is 0 Å². The maximum Gasteiger partial charge on any atom is 0.0599 e. The van der Waals surface area contributed by atoms with Crippen LogP contribution in [-0.2, 0) is 4.74 Å². The summed E-state index contributed by atoms with van der Waals surface area (Å²) in [7, 11) is 1.77. The molecule has 0 bridgehead atoms. The van der Waals surface area contributed by atoms with E-state index in [2.05, 4.69) is 4.90 Å². The topological polar surface area (TPSA) is 58.7 Å². The van der Waals surface area contributed by atoms with Gasteiger partial charge in [-0.2, -0.15) is 0 Å². The van der Waals surface area contributed by atoms with Gasteiger partial charge >= 0.3 is 0 Å². The van der Waals surface area contributed by atoms with E-state index in [1.54, 1.807) is 7.11 Å². The zero-order valence-electron chi connectivity index (χ0n) is 9.85. The molecule has 1 aliphatic heterocycles. The van der Waals surface area contributed by atoms with Gasteiger partial charge in [-0.25, -0.2) is 0 Å². The van der Waals surface area contributed by atoms with Gasteiger partial charge in [0.1, 0.15) is 0 Å². The van der Waals surface area contributed by atoms with Gasteiger partial charge in [0.05, 0.1) is 12.2 Å². The molecule has 1 heterocycles. The Hall–Kier alpha value is -0.160. The molecule has 3 unspecified atom stereocenters. The van der Waals surface area contributed by atoms with Crippen LogP contribution in [0.15, 0.2) is 0 Å². The summed E-state index contributed by atoms with van der Waals surface area (Å²) < 4.78 is 5.37. The van der Waals surface area contributed by atoms with Gasteiger partial charge in [-0.15, -0.1) is 0 Å². The number of aliphatic hydroxyl groups excluding tert-OH is 1. The molecule has 3 atom stereocenters. The Morgan fingerprint density at radius 2 is 2.33 bits per heavy atom. The van der Waals surface area contributed by atoms with Crippen LogP contribution < -0.4 is 5.73 Å². The Balaban J connectivity index is 2.36. The highest BCUT2D eigenvalue weighted by Gasteiger charge is 2.27. The second-order valence-corrected chi connectivity index (χ2v) is 4.45. The van der Waals surface area contributed by atoms with Gasteiger partial charge in [-0.1, -0.05) is 0 Å². The lowest BCUT2D eigenvalue weighted by Gasteiger charge is -2.38. The first-order chi connectivity index (χ1) is 7.17. The fraction of sp³-hybridized carbons (Fsp3) is 1.00. The minimum absolute atomic E-state index is 0.219. The molecule has 0 radical (unpaired) electrons. The van der Waals surface area contributed by atoms with Crippen molar-refractivity contribution in [2.24, 2.45) is 5.73 Å². The average molecular weight is 216 g/mol. The molecule has 4 heteroatoms. The number of hydrogen-bond acceptors (Lipinski definition) is 4. The molecule has 1 saturated heterocycles. The average Bonchev–Trinajstić information content (AvgIpc) is 2.25. The van der Waals surface area contributed by atoms with Crippen molar-refractivity contribution in [2.45, 2.75) is 44.4 Å². The molecule has 0 aromatic rings. The van der Waals surface area contributed by atoms with Crippen molar-refractivity contribution in [3.63, 3.8) is 0 Å². The molecule has 1 rings (SSSR count). The molecule has 4 nitrogen and oxygen atoms in total. The normalized spacial score (nSPS) is 30.4. The molecule has 90 valence electrons. The zero-order chi connectivity index (χ0) is 11.3. The summed E-state index contributed by atoms with van der Waals surface area (Å²) in [6.45, 7) is 4.49. The molecule has 3 N–H and O–H groups in total. The lowest BCUT2D eigenvalue weighted by Crippen LogP contribution is -2.49. The van der Waals surface area contributed by atoms with E-state index < -0.39 is 0 Å². The van der Waals surface area contributed by atoms with Crippen LogP contribution in [0.25, 0.3) is 0 Å². The van der Waals surface area contributed by atoms with Crippen LogP contribution in [0, 0.1) is 0 Å². The van der Waals surface area contributed by atoms with Gasteiger partial charge in [0, 0.05) is 32.8 Å². The number of rotatable bonds is 5. The monoisotopic (exact) mass is 216 g/mol. The summed E-state index contributed by atoms with van der Waals surface area (Å²) in [5, 5.41) is 9.26. The third-order valence-electron chi connectivity index (χ3n) is 3.23. The molecular formula is C11H24N2O2. The molecule has 0 aromatic heterocycles. The van der Waals surface area contributed by atoms with Crippen molar-refractivity contribution in [3.8, 4) is 0 Å². The Morgan fingerprint density at radius 3 is 2.87 bits per heavy atom. The molecule has 1 fully saturated rings. The second kappa shape index (κ2) is 6.43. The fourth-order valence-electron chi connectivity index (χ4n) is 2.17. The van der Waals surface area contributed by atoms with Gasteiger partial charge < -0.3 is 15.6 Å². The van der Waals surface area contributed by atoms with Crippen molar-refractivity contribution in [1.29, 1.82) is 0 Å². The predicted molar refractivity (Wildman–Crippen MR) is 60.7 cm³/mol. The fourth-order valence-corrected chi connectivity index (χ4v) is 2.17. The number of aliphatic hydroxyl groups is 1. The van der Waals surface area contributed by atoms with Gasteiger partial charge in [0.25, 0.3) is 0 Å². The van der Waals surface area contributed by atoms with E-state index in [1.807, 2.05) is 6.92 Å². The third kappa shape index (κ3) is 4.07. The lowest BCUT2D eigenvalue weighted by atomic mass is 9.99. The highest BCUT2D eigenvalue weighted by Crippen LogP contribution is 2.19. The first kappa shape index (κ1) is 12.9. The summed E-state index contributed by atoms with van der Waals surface area (Å²) in [6, 6.07) is 0.419. The summed E-state index contributed by atoms with van der Waals surface area (Å²) in [5.41, 5.74) is 5.76. The van der Waals surface area contributed by atoms with Crippen LogP contribution in [0.1, 0.15) is 26.2 Å². The van der Waals surface area contributed by atoms with Gasteiger partial charge in [-0.3, -0.25) is 4.90 Å². The van der Waals surface area contributed by atoms with Crippen LogP contribution in [0.4, 0.5) is 0 Å². The van der Waals surface area contributed by atoms with E-state index in [0.717, 1.165) is 32.4 Å². The number of likely N-dealkylation sites (tertiary alicyclic amines) is 1. The number of nitrogens with zero attached hydrogens (tertiary/aromatic N) is 1. The molecule has 0 aliphatic carbocycles. The Labute approximate surface area is 92.4 Å². The minimum Gasteiger partial charge on any atom is -0.393 e. The molecule has 0 aromatic carbocycles. The van der Waals surface area contributed by atoms with E-state index in [-0.39, 0.29) is 6.10 Å². The van der Waals surface area contributed by atoms with Gasteiger partial charge in [0.2, 0.25) is 0 Å². The van der Waals surface area contributed by atoms with Crippen LogP contribution >= 0.6 is 0 Å². The predicted octanol–water partition coefficient (Wildman–Crippen LogP) is 0.195. The Kier molecular flexibility index (Phi) is 5.53. The Morgan fingerprint density at radius 1 is 1.60 bits per heavy atom. The van der Waals surface area contributed by atoms with E-state index in [0.29, 0.717) is 18.7 Å². The molecule has 0 amide bonds. The first-order valence-corrected chi connectivity index (χ1v) is 5.82. The van der Waals surface area contributed by atoms with E-state index in [4.69, 9.17) is 10.5 Å². The first-order valence-electron chi connectivity index (χ1n) is 5.82. The second-order valence-electron chi connectivity index (χ2n) is 4.45. The number of ether oxygens (including phenoxy) is 1. The van der Waals surface area contributed by atoms with Gasteiger partial charge in [-0.05, 0) is 26.2 Å². The number of nitrogens with two attached hydrogens (primary N) is 1. The van der Waals surface area contributed by atoms with Crippen molar-refractivity contribution in [2.75, 3.05) is 26.7 Å². The molecule has 0 saturated carbocycles. The molecule has 0 spiro atoms. The summed E-state index contributed by atoms with van der Waals surface area (Å²) in [5.74, 6) is 0. The van der Waals surface area contributed by atoms with Crippen LogP contribution in [-0.4, -0.2) is 55.0 Å². The molecule has 15 heavy (non-hydrogen) atoms. The highest BCUT2D eigenvalue weighted by atomic mass is 16.5. The lowest BCUT2D eigenvalue weighted by molar-refractivity contribution is 0.00900. The zero-order valence-corrected chi connectivity index (χ0v) is 9.85. The summed E-state index contributed by atoms with van der Waals surface area (Å²) >= 11 is 0. The van der Waals surface area contributed by atoms with E-state index in [9.17, 15) is 5.11 Å². The number of hydrogen-bond donors (Lipinski definition) is 2. The van der Waals surface area contributed by atoms with Gasteiger partial charge in [0.15, 0.2) is 0 Å². The smallest absolute Gasteiger partial charge is 0.0599 e. The largest absolute Gasteiger partial charge is 0.393 e. The maximum atomic E-state index is 9.26. The van der Waals surface area contributed by atoms with E-state index in [1.165, 1.54) is 0 Å². The quantitative estimate of drug-likeness (QED) is 0.689. The standard InChI is InChI=1S/C11H24N2O2/c1-9(14)3-5-13-6-4-11(15-2)7-10(13)8-12/h9-11,14H,3-8,12H2,1-2H3. The Bertz CT molecular complexity index is 176.